The first kappa shape index (κ1) is 23.3. The van der Waals surface area contributed by atoms with E-state index in [1.165, 1.54) is 36.5 Å². The molecule has 1 N–H and O–H groups in total. The first-order chi connectivity index (χ1) is 15.7. The number of hydrogen-bond donors (Lipinski definition) is 1. The third-order valence-electron chi connectivity index (χ3n) is 5.95. The van der Waals surface area contributed by atoms with E-state index in [1.807, 2.05) is 6.92 Å². The van der Waals surface area contributed by atoms with E-state index < -0.39 is 21.8 Å². The Morgan fingerprint density at radius 3 is 2.73 bits per heavy atom. The van der Waals surface area contributed by atoms with Gasteiger partial charge >= 0.3 is 6.18 Å². The van der Waals surface area contributed by atoms with Gasteiger partial charge in [-0.2, -0.15) is 18.3 Å². The van der Waals surface area contributed by atoms with Crippen LogP contribution in [0.5, 0.6) is 5.75 Å². The highest BCUT2D eigenvalue weighted by Gasteiger charge is 2.38. The van der Waals surface area contributed by atoms with Crippen molar-refractivity contribution < 1.29 is 26.3 Å². The number of hydrogen-bond acceptors (Lipinski definition) is 5. The SMILES string of the molecule is CCCC1=CC(C(F)(F)F)=CCC1[C@@H]1CCOc2cc(S(=O)(=O)Nc3cccnn3)ccc21. The van der Waals surface area contributed by atoms with Crippen molar-refractivity contribution >= 4 is 15.8 Å². The van der Waals surface area contributed by atoms with Gasteiger partial charge in [0.05, 0.1) is 17.1 Å². The zero-order valence-corrected chi connectivity index (χ0v) is 18.8. The standard InChI is InChI=1S/C23H24F3N3O3S/c1-2-4-15-13-16(23(24,25)26)6-8-18(15)19-10-12-32-21-14-17(7-9-20(19)21)33(30,31)29-22-5-3-11-27-28-22/h3,5-7,9,11,13-14,18-19H,2,4,8,10,12H2,1H3,(H,28,29)/t18?,19-/m0/s1. The number of halogens is 3. The molecule has 6 nitrogen and oxygen atoms in total. The van der Waals surface area contributed by atoms with Crippen molar-refractivity contribution in [2.24, 2.45) is 5.92 Å². The molecule has 0 saturated carbocycles. The molecule has 4 rings (SSSR count). The summed E-state index contributed by atoms with van der Waals surface area (Å²) >= 11 is 0. The number of nitrogens with one attached hydrogen (secondary N) is 1. The summed E-state index contributed by atoms with van der Waals surface area (Å²) < 4.78 is 73.5. The number of benzene rings is 1. The highest BCUT2D eigenvalue weighted by Crippen LogP contribution is 2.47. The molecule has 0 fully saturated rings. The van der Waals surface area contributed by atoms with Crippen molar-refractivity contribution in [1.29, 1.82) is 0 Å². The predicted octanol–water partition coefficient (Wildman–Crippen LogP) is 5.38. The second-order valence-corrected chi connectivity index (χ2v) is 9.81. The van der Waals surface area contributed by atoms with Gasteiger partial charge in [-0.1, -0.05) is 37.1 Å². The molecule has 33 heavy (non-hydrogen) atoms. The number of rotatable bonds is 6. The lowest BCUT2D eigenvalue weighted by Gasteiger charge is -2.35. The smallest absolute Gasteiger partial charge is 0.416 e. The Kier molecular flexibility index (Phi) is 6.47. The van der Waals surface area contributed by atoms with Crippen molar-refractivity contribution in [1.82, 2.24) is 10.2 Å². The Morgan fingerprint density at radius 2 is 2.03 bits per heavy atom. The minimum absolute atomic E-state index is 0.0137. The van der Waals surface area contributed by atoms with Crippen molar-refractivity contribution in [3.8, 4) is 5.75 Å². The number of fused-ring (bicyclic) bond motifs is 1. The topological polar surface area (TPSA) is 81.2 Å². The lowest BCUT2D eigenvalue weighted by molar-refractivity contribution is -0.0889. The minimum Gasteiger partial charge on any atom is -0.493 e. The summed E-state index contributed by atoms with van der Waals surface area (Å²) in [4.78, 5) is 0.0137. The molecule has 1 aromatic heterocycles. The normalized spacial score (nSPS) is 20.8. The van der Waals surface area contributed by atoms with Crippen LogP contribution in [-0.4, -0.2) is 31.4 Å². The zero-order chi connectivity index (χ0) is 23.6. The average molecular weight is 480 g/mol. The Balaban J connectivity index is 1.62. The first-order valence-electron chi connectivity index (χ1n) is 10.7. The molecule has 0 bridgehead atoms. The van der Waals surface area contributed by atoms with E-state index in [4.69, 9.17) is 4.74 Å². The molecule has 1 unspecified atom stereocenters. The molecule has 0 spiro atoms. The average Bonchev–Trinajstić information content (AvgIpc) is 2.78. The molecule has 2 aromatic rings. The van der Waals surface area contributed by atoms with Crippen LogP contribution in [0.1, 0.15) is 44.1 Å². The second-order valence-electron chi connectivity index (χ2n) is 8.13. The fourth-order valence-electron chi connectivity index (χ4n) is 4.47. The summed E-state index contributed by atoms with van der Waals surface area (Å²) in [6, 6.07) is 7.71. The monoisotopic (exact) mass is 479 g/mol. The zero-order valence-electron chi connectivity index (χ0n) is 18.0. The number of aromatic nitrogens is 2. The van der Waals surface area contributed by atoms with Gasteiger partial charge in [0.15, 0.2) is 5.82 Å². The maximum atomic E-state index is 13.3. The molecule has 0 amide bonds. The van der Waals surface area contributed by atoms with Gasteiger partial charge < -0.3 is 4.74 Å². The fraction of sp³-hybridized carbons (Fsp3) is 0.391. The van der Waals surface area contributed by atoms with Gasteiger partial charge in [0.2, 0.25) is 0 Å². The van der Waals surface area contributed by atoms with Crippen molar-refractivity contribution in [2.75, 3.05) is 11.3 Å². The predicted molar refractivity (Wildman–Crippen MR) is 117 cm³/mol. The van der Waals surface area contributed by atoms with Crippen molar-refractivity contribution in [3.05, 3.63) is 65.4 Å². The van der Waals surface area contributed by atoms with E-state index in [0.29, 0.717) is 31.6 Å². The number of alkyl halides is 3. The lowest BCUT2D eigenvalue weighted by Crippen LogP contribution is -2.26. The molecule has 1 aliphatic heterocycles. The first-order valence-corrected chi connectivity index (χ1v) is 12.2. The molecule has 10 heteroatoms. The molecule has 1 aliphatic carbocycles. The van der Waals surface area contributed by atoms with Crippen LogP contribution in [0.15, 0.2) is 64.7 Å². The van der Waals surface area contributed by atoms with E-state index in [1.54, 1.807) is 12.1 Å². The highest BCUT2D eigenvalue weighted by molar-refractivity contribution is 7.92. The molecule has 2 atom stereocenters. The third-order valence-corrected chi connectivity index (χ3v) is 7.31. The molecule has 0 radical (unpaired) electrons. The molecule has 176 valence electrons. The number of sulfonamides is 1. The number of nitrogens with zero attached hydrogens (tertiary/aromatic N) is 2. The Morgan fingerprint density at radius 1 is 1.21 bits per heavy atom. The number of ether oxygens (including phenoxy) is 1. The number of anilines is 1. The minimum atomic E-state index is -4.36. The molecule has 2 heterocycles. The summed E-state index contributed by atoms with van der Waals surface area (Å²) in [5, 5.41) is 7.39. The van der Waals surface area contributed by atoms with E-state index in [0.717, 1.165) is 17.6 Å². The summed E-state index contributed by atoms with van der Waals surface area (Å²) in [6.07, 6.45) is 1.89. The van der Waals surface area contributed by atoms with Crippen LogP contribution in [0, 0.1) is 5.92 Å². The second kappa shape index (κ2) is 9.17. The molecule has 1 aromatic carbocycles. The van der Waals surface area contributed by atoms with Gasteiger partial charge in [-0.25, -0.2) is 8.42 Å². The Bertz CT molecular complexity index is 1180. The molecule has 2 aliphatic rings. The van der Waals surface area contributed by atoms with Gasteiger partial charge in [-0.05, 0) is 54.9 Å². The maximum absolute atomic E-state index is 13.3. The van der Waals surface area contributed by atoms with Crippen LogP contribution >= 0.6 is 0 Å². The molecule has 0 saturated heterocycles. The third kappa shape index (κ3) is 5.05. The lowest BCUT2D eigenvalue weighted by atomic mass is 9.73. The van der Waals surface area contributed by atoms with Crippen LogP contribution in [-0.2, 0) is 10.0 Å². The van der Waals surface area contributed by atoms with Crippen molar-refractivity contribution in [3.63, 3.8) is 0 Å². The van der Waals surface area contributed by atoms with E-state index in [-0.39, 0.29) is 22.5 Å². The quantitative estimate of drug-likeness (QED) is 0.602. The maximum Gasteiger partial charge on any atom is 0.416 e. The van der Waals surface area contributed by atoms with Crippen LogP contribution in [0.25, 0.3) is 0 Å². The fourth-order valence-corrected chi connectivity index (χ4v) is 5.48. The van der Waals surface area contributed by atoms with E-state index in [2.05, 4.69) is 14.9 Å². The van der Waals surface area contributed by atoms with Crippen LogP contribution in [0.4, 0.5) is 19.0 Å². The highest BCUT2D eigenvalue weighted by atomic mass is 32.2. The number of allylic oxidation sites excluding steroid dienone is 4. The largest absolute Gasteiger partial charge is 0.493 e. The summed E-state index contributed by atoms with van der Waals surface area (Å²) in [5.74, 6) is 0.397. The van der Waals surface area contributed by atoms with Gasteiger partial charge in [-0.15, -0.1) is 5.10 Å². The molecular weight excluding hydrogens is 455 g/mol. The Labute approximate surface area is 190 Å². The van der Waals surface area contributed by atoms with Gasteiger partial charge in [-0.3, -0.25) is 4.72 Å². The summed E-state index contributed by atoms with van der Waals surface area (Å²) in [7, 11) is -3.91. The van der Waals surface area contributed by atoms with Crippen LogP contribution in [0.2, 0.25) is 0 Å². The summed E-state index contributed by atoms with van der Waals surface area (Å²) in [6.45, 7) is 2.31. The van der Waals surface area contributed by atoms with Gasteiger partial charge in [0.25, 0.3) is 10.0 Å². The van der Waals surface area contributed by atoms with Crippen molar-refractivity contribution in [2.45, 2.75) is 49.6 Å². The van der Waals surface area contributed by atoms with Gasteiger partial charge in [0, 0.05) is 12.3 Å². The van der Waals surface area contributed by atoms with Gasteiger partial charge in [0.1, 0.15) is 5.75 Å². The van der Waals surface area contributed by atoms with Crippen LogP contribution in [0.3, 0.4) is 0 Å². The Hall–Kier alpha value is -2.88. The van der Waals surface area contributed by atoms with Crippen LogP contribution < -0.4 is 9.46 Å². The molecular formula is C23H24F3N3O3S. The van der Waals surface area contributed by atoms with E-state index in [9.17, 15) is 21.6 Å². The summed E-state index contributed by atoms with van der Waals surface area (Å²) in [5.41, 5.74) is 1.01. The van der Waals surface area contributed by atoms with E-state index >= 15 is 0 Å².